The first-order valence-electron chi connectivity index (χ1n) is 14.1. The standard InChI is InChI=1S/C32H38BrN3O4S/c1-35(41(39,40)29-15-6-3-7-16-29)22-10-17-31(37)36(24-26-18-20-27(33)21-19-26)30(23-25-11-4-2-5-12-25)32(38)34-28-13-8-9-14-28/h2-7,11-12,15-16,18-21,28,30H,8-10,13-14,17,22-24H2,1H3,(H,34,38)/t30-/m0/s1. The number of sulfonamides is 1. The minimum atomic E-state index is -3.65. The SMILES string of the molecule is CN(CCCC(=O)N(Cc1ccc(Br)cc1)[C@@H](Cc1ccccc1)C(=O)NC1CCCC1)S(=O)(=O)c1ccccc1. The van der Waals surface area contributed by atoms with Gasteiger partial charge in [-0.2, -0.15) is 0 Å². The highest BCUT2D eigenvalue weighted by molar-refractivity contribution is 9.10. The molecule has 1 saturated carbocycles. The number of hydrogen-bond acceptors (Lipinski definition) is 4. The third-order valence-corrected chi connectivity index (χ3v) is 9.95. The van der Waals surface area contributed by atoms with Crippen LogP contribution in [0.15, 0.2) is 94.3 Å². The molecule has 4 rings (SSSR count). The molecule has 2 amide bonds. The lowest BCUT2D eigenvalue weighted by atomic mass is 10.0. The average molecular weight is 641 g/mol. The molecule has 41 heavy (non-hydrogen) atoms. The van der Waals surface area contributed by atoms with Gasteiger partial charge in [0.15, 0.2) is 0 Å². The van der Waals surface area contributed by atoms with Gasteiger partial charge in [-0.05, 0) is 54.7 Å². The Morgan fingerprint density at radius 2 is 1.51 bits per heavy atom. The second kappa shape index (κ2) is 14.8. The fourth-order valence-electron chi connectivity index (χ4n) is 5.20. The van der Waals surface area contributed by atoms with Crippen LogP contribution in [0.1, 0.15) is 49.7 Å². The Hall–Kier alpha value is -3.01. The Bertz CT molecular complexity index is 1380. The summed E-state index contributed by atoms with van der Waals surface area (Å²) in [7, 11) is -2.13. The molecule has 0 bridgehead atoms. The first-order valence-corrected chi connectivity index (χ1v) is 16.4. The summed E-state index contributed by atoms with van der Waals surface area (Å²) in [6.07, 6.45) is 4.93. The number of rotatable bonds is 13. The maximum Gasteiger partial charge on any atom is 0.243 e. The molecule has 0 spiro atoms. The number of carbonyl (C=O) groups excluding carboxylic acids is 2. The van der Waals surface area contributed by atoms with Gasteiger partial charge in [0.05, 0.1) is 4.90 Å². The van der Waals surface area contributed by atoms with Crippen molar-refractivity contribution in [3.63, 3.8) is 0 Å². The minimum Gasteiger partial charge on any atom is -0.352 e. The van der Waals surface area contributed by atoms with Crippen molar-refractivity contribution in [1.29, 1.82) is 0 Å². The Labute approximate surface area is 252 Å². The summed E-state index contributed by atoms with van der Waals surface area (Å²) in [5.41, 5.74) is 1.89. The van der Waals surface area contributed by atoms with Crippen LogP contribution < -0.4 is 5.32 Å². The number of nitrogens with one attached hydrogen (secondary N) is 1. The summed E-state index contributed by atoms with van der Waals surface area (Å²) in [4.78, 5) is 29.5. The van der Waals surface area contributed by atoms with Gasteiger partial charge < -0.3 is 10.2 Å². The van der Waals surface area contributed by atoms with Gasteiger partial charge in [-0.15, -0.1) is 0 Å². The van der Waals surface area contributed by atoms with E-state index in [1.54, 1.807) is 35.2 Å². The van der Waals surface area contributed by atoms with Crippen molar-refractivity contribution < 1.29 is 18.0 Å². The maximum atomic E-state index is 13.9. The lowest BCUT2D eigenvalue weighted by Gasteiger charge is -2.32. The minimum absolute atomic E-state index is 0.118. The van der Waals surface area contributed by atoms with Crippen molar-refractivity contribution in [3.05, 3.63) is 101 Å². The summed E-state index contributed by atoms with van der Waals surface area (Å²) >= 11 is 3.47. The van der Waals surface area contributed by atoms with Crippen LogP contribution in [0, 0.1) is 0 Å². The molecule has 1 atom stereocenters. The van der Waals surface area contributed by atoms with E-state index in [0.717, 1.165) is 41.3 Å². The molecule has 0 aromatic heterocycles. The van der Waals surface area contributed by atoms with E-state index in [-0.39, 0.29) is 42.3 Å². The molecule has 0 unspecified atom stereocenters. The van der Waals surface area contributed by atoms with E-state index in [0.29, 0.717) is 12.8 Å². The Kier molecular flexibility index (Phi) is 11.1. The predicted octanol–water partition coefficient (Wildman–Crippen LogP) is 5.55. The molecule has 218 valence electrons. The van der Waals surface area contributed by atoms with Crippen LogP contribution in [0.4, 0.5) is 0 Å². The van der Waals surface area contributed by atoms with Gasteiger partial charge in [-0.25, -0.2) is 12.7 Å². The highest BCUT2D eigenvalue weighted by Crippen LogP contribution is 2.22. The molecule has 9 heteroatoms. The monoisotopic (exact) mass is 639 g/mol. The zero-order valence-corrected chi connectivity index (χ0v) is 25.8. The average Bonchev–Trinajstić information content (AvgIpc) is 3.49. The molecule has 3 aromatic carbocycles. The summed E-state index contributed by atoms with van der Waals surface area (Å²) in [5.74, 6) is -0.323. The van der Waals surface area contributed by atoms with Gasteiger partial charge in [0, 0.05) is 43.5 Å². The van der Waals surface area contributed by atoms with Crippen LogP contribution >= 0.6 is 15.9 Å². The molecular weight excluding hydrogens is 602 g/mol. The first kappa shape index (κ1) is 30.9. The van der Waals surface area contributed by atoms with Crippen molar-refractivity contribution in [1.82, 2.24) is 14.5 Å². The zero-order valence-electron chi connectivity index (χ0n) is 23.4. The van der Waals surface area contributed by atoms with Crippen molar-refractivity contribution >= 4 is 37.8 Å². The fourth-order valence-corrected chi connectivity index (χ4v) is 6.69. The van der Waals surface area contributed by atoms with Crippen LogP contribution in [0.25, 0.3) is 0 Å². The second-order valence-electron chi connectivity index (χ2n) is 10.6. The van der Waals surface area contributed by atoms with Crippen LogP contribution in [-0.2, 0) is 32.6 Å². The van der Waals surface area contributed by atoms with Crippen molar-refractivity contribution in [2.75, 3.05) is 13.6 Å². The van der Waals surface area contributed by atoms with E-state index in [9.17, 15) is 18.0 Å². The van der Waals surface area contributed by atoms with Gasteiger partial charge in [-0.1, -0.05) is 89.4 Å². The first-order chi connectivity index (χ1) is 19.7. The summed E-state index contributed by atoms with van der Waals surface area (Å²) in [5, 5.41) is 3.21. The molecule has 1 aliphatic carbocycles. The summed E-state index contributed by atoms with van der Waals surface area (Å²) < 4.78 is 28.1. The van der Waals surface area contributed by atoms with E-state index < -0.39 is 16.1 Å². The third-order valence-electron chi connectivity index (χ3n) is 7.55. The number of benzene rings is 3. The van der Waals surface area contributed by atoms with Crippen molar-refractivity contribution in [2.24, 2.45) is 0 Å². The van der Waals surface area contributed by atoms with Crippen LogP contribution in [0.2, 0.25) is 0 Å². The van der Waals surface area contributed by atoms with Gasteiger partial charge >= 0.3 is 0 Å². The van der Waals surface area contributed by atoms with E-state index in [1.807, 2.05) is 54.6 Å². The molecule has 0 saturated heterocycles. The molecule has 1 fully saturated rings. The molecule has 1 aliphatic rings. The number of amides is 2. The number of carbonyl (C=O) groups is 2. The normalized spacial score (nSPS) is 14.6. The van der Waals surface area contributed by atoms with Crippen molar-refractivity contribution in [2.45, 2.75) is 68.5 Å². The van der Waals surface area contributed by atoms with E-state index in [4.69, 9.17) is 0 Å². The Morgan fingerprint density at radius 1 is 0.902 bits per heavy atom. The van der Waals surface area contributed by atoms with E-state index in [2.05, 4.69) is 21.2 Å². The van der Waals surface area contributed by atoms with E-state index in [1.165, 1.54) is 11.4 Å². The molecule has 1 N–H and O–H groups in total. The lowest BCUT2D eigenvalue weighted by molar-refractivity contribution is -0.141. The Morgan fingerprint density at radius 3 is 2.15 bits per heavy atom. The van der Waals surface area contributed by atoms with E-state index >= 15 is 0 Å². The van der Waals surface area contributed by atoms with Crippen LogP contribution in [0.3, 0.4) is 0 Å². The number of hydrogen-bond donors (Lipinski definition) is 1. The van der Waals surface area contributed by atoms with Gasteiger partial charge in [0.2, 0.25) is 21.8 Å². The molecule has 3 aromatic rings. The highest BCUT2D eigenvalue weighted by Gasteiger charge is 2.32. The van der Waals surface area contributed by atoms with Gasteiger partial charge in [-0.3, -0.25) is 9.59 Å². The lowest BCUT2D eigenvalue weighted by Crippen LogP contribution is -2.52. The molecule has 0 heterocycles. The fraction of sp³-hybridized carbons (Fsp3) is 0.375. The van der Waals surface area contributed by atoms with Crippen LogP contribution in [0.5, 0.6) is 0 Å². The number of nitrogens with zero attached hydrogens (tertiary/aromatic N) is 2. The largest absolute Gasteiger partial charge is 0.352 e. The zero-order chi connectivity index (χ0) is 29.2. The quantitative estimate of drug-likeness (QED) is 0.266. The Balaban J connectivity index is 1.53. The maximum absolute atomic E-state index is 13.9. The van der Waals surface area contributed by atoms with Gasteiger partial charge in [0.25, 0.3) is 0 Å². The predicted molar refractivity (Wildman–Crippen MR) is 165 cm³/mol. The highest BCUT2D eigenvalue weighted by atomic mass is 79.9. The molecule has 0 radical (unpaired) electrons. The van der Waals surface area contributed by atoms with Crippen LogP contribution in [-0.4, -0.2) is 55.1 Å². The molecule has 0 aliphatic heterocycles. The number of halogens is 1. The molecular formula is C32H38BrN3O4S. The smallest absolute Gasteiger partial charge is 0.243 e. The molecule has 7 nitrogen and oxygen atoms in total. The van der Waals surface area contributed by atoms with Crippen molar-refractivity contribution in [3.8, 4) is 0 Å². The second-order valence-corrected chi connectivity index (χ2v) is 13.5. The summed E-state index contributed by atoms with van der Waals surface area (Å²) in [6, 6.07) is 25.2. The third kappa shape index (κ3) is 8.74. The topological polar surface area (TPSA) is 86.8 Å². The van der Waals surface area contributed by atoms with Gasteiger partial charge in [0.1, 0.15) is 6.04 Å². The summed E-state index contributed by atoms with van der Waals surface area (Å²) in [6.45, 7) is 0.465.